The number of rotatable bonds is 13. The fourth-order valence-corrected chi connectivity index (χ4v) is 7.54. The SMILES string of the molecule is NC(=S)c1ccc[n+]([C@@H]2O[C@@H](COP(=O)([O-])OP(=O)(O)OC[C@H]3O[C@@H](n4cnc5c(N)ncnc54)[C@H](OP(=O)(O)O)[C@@H]3O)C(O)C2O)c1. The van der Waals surface area contributed by atoms with Crippen molar-refractivity contribution >= 4 is 57.7 Å². The Balaban J connectivity index is 1.21. The van der Waals surface area contributed by atoms with Gasteiger partial charge in [0.25, 0.3) is 14.1 Å². The molecule has 27 heteroatoms. The Morgan fingerprint density at radius 3 is 2.42 bits per heavy atom. The van der Waals surface area contributed by atoms with Gasteiger partial charge < -0.3 is 60.4 Å². The first-order chi connectivity index (χ1) is 22.4. The molecule has 0 spiro atoms. The number of imidazole rings is 1. The van der Waals surface area contributed by atoms with E-state index in [9.17, 15) is 48.6 Å². The van der Waals surface area contributed by atoms with E-state index in [0.717, 1.165) is 17.2 Å². The molecule has 0 radical (unpaired) electrons. The highest BCUT2D eigenvalue weighted by atomic mass is 32.1. The van der Waals surface area contributed by atoms with Crippen LogP contribution in [0.25, 0.3) is 11.2 Å². The van der Waals surface area contributed by atoms with Gasteiger partial charge in [0.1, 0.15) is 47.4 Å². The van der Waals surface area contributed by atoms with Gasteiger partial charge in [-0.05, 0) is 6.07 Å². The number of thiocarbonyl (C=S) groups is 1. The number of ether oxygens (including phenoxy) is 2. The lowest BCUT2D eigenvalue weighted by Crippen LogP contribution is -2.46. The van der Waals surface area contributed by atoms with E-state index in [1.165, 1.54) is 23.0 Å². The van der Waals surface area contributed by atoms with Crippen molar-refractivity contribution in [1.29, 1.82) is 0 Å². The van der Waals surface area contributed by atoms with Crippen molar-refractivity contribution in [3.8, 4) is 0 Å². The summed E-state index contributed by atoms with van der Waals surface area (Å²) in [5, 5.41) is 31.6. The van der Waals surface area contributed by atoms with Gasteiger partial charge in [-0.15, -0.1) is 0 Å². The molecule has 23 nitrogen and oxygen atoms in total. The maximum absolute atomic E-state index is 12.5. The van der Waals surface area contributed by atoms with Crippen molar-refractivity contribution in [2.24, 2.45) is 5.73 Å². The zero-order valence-corrected chi connectivity index (χ0v) is 27.4. The first-order valence-electron chi connectivity index (χ1n) is 13.3. The van der Waals surface area contributed by atoms with E-state index in [4.69, 9.17) is 37.7 Å². The molecule has 0 saturated carbocycles. The maximum Gasteiger partial charge on any atom is 0.478 e. The van der Waals surface area contributed by atoms with Crippen LogP contribution in [-0.2, 0) is 41.1 Å². The summed E-state index contributed by atoms with van der Waals surface area (Å²) in [7, 11) is -16.5. The van der Waals surface area contributed by atoms with Crippen molar-refractivity contribution in [2.75, 3.05) is 18.9 Å². The summed E-state index contributed by atoms with van der Waals surface area (Å²) in [5.74, 6) is -0.0569. The van der Waals surface area contributed by atoms with Gasteiger partial charge in [0, 0.05) is 6.07 Å². The molecule has 10 N–H and O–H groups in total. The van der Waals surface area contributed by atoms with Crippen LogP contribution in [0.4, 0.5) is 5.82 Å². The Kier molecular flexibility index (Phi) is 10.8. The molecule has 4 unspecified atom stereocenters. The first kappa shape index (κ1) is 36.8. The largest absolute Gasteiger partial charge is 0.756 e. The van der Waals surface area contributed by atoms with Crippen LogP contribution in [0.3, 0.4) is 0 Å². The minimum atomic E-state index is -5.70. The lowest BCUT2D eigenvalue weighted by Gasteiger charge is -2.26. The number of phosphoric ester groups is 3. The summed E-state index contributed by atoms with van der Waals surface area (Å²) >= 11 is 4.91. The minimum Gasteiger partial charge on any atom is -0.756 e. The fraction of sp³-hybridized carbons (Fsp3) is 0.476. The van der Waals surface area contributed by atoms with E-state index in [2.05, 4.69) is 28.3 Å². The molecule has 2 saturated heterocycles. The number of aromatic nitrogens is 5. The number of nitrogen functional groups attached to an aromatic ring is 1. The number of nitrogens with zero attached hydrogens (tertiary/aromatic N) is 5. The van der Waals surface area contributed by atoms with Crippen molar-refractivity contribution in [3.05, 3.63) is 42.7 Å². The van der Waals surface area contributed by atoms with E-state index >= 15 is 0 Å². The molecular formula is C21H28N7O16P3S. The number of hydrogen-bond acceptors (Lipinski definition) is 18. The molecule has 2 aliphatic rings. The second-order valence-electron chi connectivity index (χ2n) is 10.2. The third kappa shape index (κ3) is 8.29. The molecule has 264 valence electrons. The summed E-state index contributed by atoms with van der Waals surface area (Å²) in [6.07, 6.45) is -7.97. The van der Waals surface area contributed by atoms with E-state index in [1.807, 2.05) is 0 Å². The molecule has 3 aromatic heterocycles. The van der Waals surface area contributed by atoms with Crippen LogP contribution in [0.5, 0.6) is 0 Å². The summed E-state index contributed by atoms with van der Waals surface area (Å²) in [4.78, 5) is 53.0. The van der Waals surface area contributed by atoms with Gasteiger partial charge in [0.05, 0.1) is 25.1 Å². The van der Waals surface area contributed by atoms with Gasteiger partial charge in [-0.25, -0.2) is 28.4 Å². The molecule has 0 amide bonds. The molecule has 3 aromatic rings. The zero-order valence-electron chi connectivity index (χ0n) is 23.9. The molecule has 2 fully saturated rings. The molecule has 5 heterocycles. The molecule has 0 aliphatic carbocycles. The molecule has 5 rings (SSSR count). The molecular weight excluding hydrogens is 731 g/mol. The molecule has 48 heavy (non-hydrogen) atoms. The molecule has 10 atom stereocenters. The number of nitrogens with two attached hydrogens (primary N) is 2. The van der Waals surface area contributed by atoms with Crippen LogP contribution in [0.2, 0.25) is 0 Å². The topological polar surface area (TPSA) is 351 Å². The molecule has 2 aliphatic heterocycles. The van der Waals surface area contributed by atoms with E-state index < -0.39 is 85.8 Å². The predicted octanol–water partition coefficient (Wildman–Crippen LogP) is -3.00. The number of pyridine rings is 1. The van der Waals surface area contributed by atoms with E-state index in [0.29, 0.717) is 5.56 Å². The number of hydrogen-bond donors (Lipinski definition) is 8. The van der Waals surface area contributed by atoms with E-state index in [-0.39, 0.29) is 22.0 Å². The Morgan fingerprint density at radius 1 is 1.04 bits per heavy atom. The third-order valence-electron chi connectivity index (χ3n) is 6.97. The van der Waals surface area contributed by atoms with Crippen molar-refractivity contribution in [3.63, 3.8) is 0 Å². The van der Waals surface area contributed by atoms with Crippen molar-refractivity contribution in [2.45, 2.75) is 49.1 Å². The van der Waals surface area contributed by atoms with Crippen molar-refractivity contribution < 1.29 is 80.5 Å². The second kappa shape index (κ2) is 14.1. The van der Waals surface area contributed by atoms with Gasteiger partial charge >= 0.3 is 15.6 Å². The van der Waals surface area contributed by atoms with Gasteiger partial charge in [0.2, 0.25) is 0 Å². The normalized spacial score (nSPS) is 30.3. The summed E-state index contributed by atoms with van der Waals surface area (Å²) < 4.78 is 68.2. The first-order valence-corrected chi connectivity index (χ1v) is 18.2. The highest BCUT2D eigenvalue weighted by Gasteiger charge is 2.51. The predicted molar refractivity (Wildman–Crippen MR) is 155 cm³/mol. The zero-order chi connectivity index (χ0) is 35.2. The smallest absolute Gasteiger partial charge is 0.478 e. The monoisotopic (exact) mass is 759 g/mol. The highest BCUT2D eigenvalue weighted by Crippen LogP contribution is 2.58. The summed E-state index contributed by atoms with van der Waals surface area (Å²) in [5.41, 5.74) is 11.8. The Morgan fingerprint density at radius 2 is 1.73 bits per heavy atom. The van der Waals surface area contributed by atoms with Crippen LogP contribution in [-0.4, -0.2) is 104 Å². The number of anilines is 1. The average Bonchev–Trinajstić information content (AvgIpc) is 3.64. The number of phosphoric acid groups is 3. The lowest BCUT2D eigenvalue weighted by molar-refractivity contribution is -0.765. The number of aliphatic hydroxyl groups is 3. The van der Waals surface area contributed by atoms with E-state index in [1.54, 1.807) is 6.07 Å². The van der Waals surface area contributed by atoms with Gasteiger partial charge in [0.15, 0.2) is 36.2 Å². The van der Waals surface area contributed by atoms with Crippen LogP contribution in [0.1, 0.15) is 18.0 Å². The van der Waals surface area contributed by atoms with Crippen LogP contribution in [0.15, 0.2) is 37.2 Å². The fourth-order valence-electron chi connectivity index (χ4n) is 4.82. The minimum absolute atomic E-state index is 0.00293. The van der Waals surface area contributed by atoms with Gasteiger partial charge in [-0.1, -0.05) is 12.2 Å². The van der Waals surface area contributed by atoms with Crippen LogP contribution in [0, 0.1) is 0 Å². The molecule has 0 bridgehead atoms. The maximum atomic E-state index is 12.5. The number of aliphatic hydroxyl groups excluding tert-OH is 3. The Hall–Kier alpha value is -2.44. The van der Waals surface area contributed by atoms with Crippen molar-refractivity contribution in [1.82, 2.24) is 19.5 Å². The van der Waals surface area contributed by atoms with Gasteiger partial charge in [-0.2, -0.15) is 4.57 Å². The summed E-state index contributed by atoms with van der Waals surface area (Å²) in [6.45, 7) is -2.07. The Labute approximate surface area is 274 Å². The number of fused-ring (bicyclic) bond motifs is 1. The van der Waals surface area contributed by atoms with Crippen LogP contribution >= 0.6 is 35.7 Å². The standard InChI is InChI=1S/C21H28N7O16P3S/c22-17-12-19(25-7-24-17)28(8-26-12)21-16(43-45(32,33)34)14(30)11(42-21)6-40-47(37,38)44-46(35,36)39-5-10-13(29)15(31)20(41-10)27-3-1-2-9(4-27)18(23)48/h1-4,7-8,10-11,13-16,20-21,29-31H,5-6H2,(H7-,22,23,24,25,32,33,34,35,36,37,38,48)/t10-,11+,13?,14+,15?,16+,20+,21+/m0/s1. The Bertz CT molecular complexity index is 1820. The third-order valence-corrected chi connectivity index (χ3v) is 10.3. The average molecular weight is 759 g/mol. The highest BCUT2D eigenvalue weighted by molar-refractivity contribution is 7.80. The quantitative estimate of drug-likeness (QED) is 0.0489. The second-order valence-corrected chi connectivity index (χ2v) is 14.9. The molecule has 0 aromatic carbocycles. The summed E-state index contributed by atoms with van der Waals surface area (Å²) in [6, 6.07) is 3.11. The van der Waals surface area contributed by atoms with Crippen LogP contribution < -0.4 is 20.9 Å². The van der Waals surface area contributed by atoms with Gasteiger partial charge in [-0.3, -0.25) is 18.2 Å². The lowest BCUT2D eigenvalue weighted by atomic mass is 10.1.